The molecule has 1 aromatic heterocycles. The van der Waals surface area contributed by atoms with E-state index in [0.29, 0.717) is 24.5 Å². The minimum absolute atomic E-state index is 0.00289. The van der Waals surface area contributed by atoms with Gasteiger partial charge in [-0.1, -0.05) is 0 Å². The van der Waals surface area contributed by atoms with Gasteiger partial charge >= 0.3 is 11.8 Å². The maximum absolute atomic E-state index is 13.6. The van der Waals surface area contributed by atoms with Gasteiger partial charge in [-0.2, -0.15) is 0 Å². The molecule has 14 heteroatoms. The molecule has 2 atom stereocenters. The van der Waals surface area contributed by atoms with E-state index in [1.165, 1.54) is 40.9 Å². The third-order valence-electron chi connectivity index (χ3n) is 6.95. The van der Waals surface area contributed by atoms with E-state index in [1.807, 2.05) is 0 Å². The second-order valence-electron chi connectivity index (χ2n) is 10.2. The molecule has 0 unspecified atom stereocenters. The number of aryl methyl sites for hydroxylation is 2. The highest BCUT2D eigenvalue weighted by Gasteiger charge is 2.44. The zero-order chi connectivity index (χ0) is 27.4. The summed E-state index contributed by atoms with van der Waals surface area (Å²) in [4.78, 5) is 39.5. The first-order valence-electron chi connectivity index (χ1n) is 12.0. The van der Waals surface area contributed by atoms with E-state index in [1.54, 1.807) is 13.8 Å². The van der Waals surface area contributed by atoms with Crippen LogP contribution in [0, 0.1) is 18.7 Å². The second kappa shape index (κ2) is 9.36. The quantitative estimate of drug-likeness (QED) is 0.461. The van der Waals surface area contributed by atoms with Crippen molar-refractivity contribution >= 4 is 33.4 Å². The van der Waals surface area contributed by atoms with Gasteiger partial charge in [-0.25, -0.2) is 17.5 Å². The highest BCUT2D eigenvalue weighted by atomic mass is 32.2. The lowest BCUT2D eigenvalue weighted by atomic mass is 10.0. The lowest BCUT2D eigenvalue weighted by Crippen LogP contribution is -2.62. The Bertz CT molecular complexity index is 1440. The Morgan fingerprint density at radius 2 is 1.95 bits per heavy atom. The Balaban J connectivity index is 1.35. The first-order chi connectivity index (χ1) is 17.9. The van der Waals surface area contributed by atoms with Crippen molar-refractivity contribution in [1.29, 1.82) is 0 Å². The molecule has 5 rings (SSSR count). The number of carbonyl (C=O) groups excluding carboxylic acids is 3. The highest BCUT2D eigenvalue weighted by Crippen LogP contribution is 2.35. The molecule has 2 saturated heterocycles. The maximum atomic E-state index is 13.6. The van der Waals surface area contributed by atoms with Gasteiger partial charge in [0.15, 0.2) is 11.4 Å². The van der Waals surface area contributed by atoms with Crippen molar-refractivity contribution in [2.24, 2.45) is 13.0 Å². The van der Waals surface area contributed by atoms with Gasteiger partial charge in [-0.05, 0) is 37.6 Å². The molecule has 2 fully saturated rings. The fourth-order valence-corrected chi connectivity index (χ4v) is 6.32. The van der Waals surface area contributed by atoms with Crippen LogP contribution in [0.1, 0.15) is 23.0 Å². The first kappa shape index (κ1) is 26.1. The molecule has 0 aliphatic carbocycles. The molecule has 204 valence electrons. The summed E-state index contributed by atoms with van der Waals surface area (Å²) in [5.74, 6) is -3.21. The number of aromatic nitrogens is 1. The van der Waals surface area contributed by atoms with Gasteiger partial charge in [0.2, 0.25) is 10.0 Å². The van der Waals surface area contributed by atoms with Gasteiger partial charge in [0.25, 0.3) is 5.91 Å². The van der Waals surface area contributed by atoms with Crippen LogP contribution < -0.4 is 20.1 Å². The molecule has 0 spiro atoms. The summed E-state index contributed by atoms with van der Waals surface area (Å²) < 4.78 is 55.2. The minimum atomic E-state index is -4.15. The number of halogens is 1. The Hall–Kier alpha value is -3.49. The minimum Gasteiger partial charge on any atom is -0.489 e. The highest BCUT2D eigenvalue weighted by molar-refractivity contribution is 7.89. The Kier molecular flexibility index (Phi) is 6.44. The number of hydrogen-bond acceptors (Lipinski definition) is 7. The zero-order valence-corrected chi connectivity index (χ0v) is 21.9. The van der Waals surface area contributed by atoms with Gasteiger partial charge in [-0.15, -0.1) is 0 Å². The van der Waals surface area contributed by atoms with E-state index < -0.39 is 51.1 Å². The molecule has 38 heavy (non-hydrogen) atoms. The number of benzene rings is 1. The summed E-state index contributed by atoms with van der Waals surface area (Å²) in [6.07, 6.45) is 1.27. The molecule has 3 amide bonds. The number of anilines is 1. The molecule has 4 heterocycles. The molecule has 0 radical (unpaired) electrons. The van der Waals surface area contributed by atoms with Crippen molar-refractivity contribution in [3.05, 3.63) is 41.5 Å². The largest absolute Gasteiger partial charge is 0.489 e. The lowest BCUT2D eigenvalue weighted by molar-refractivity contribution is -0.150. The predicted octanol–water partition coefficient (Wildman–Crippen LogP) is 0.128. The van der Waals surface area contributed by atoms with E-state index in [-0.39, 0.29) is 36.0 Å². The van der Waals surface area contributed by atoms with Crippen LogP contribution in [0.15, 0.2) is 29.3 Å². The first-order valence-corrected chi connectivity index (χ1v) is 13.5. The Morgan fingerprint density at radius 1 is 1.21 bits per heavy atom. The molecule has 3 aliphatic rings. The number of carbonyl (C=O) groups is 3. The lowest BCUT2D eigenvalue weighted by Gasteiger charge is -2.38. The molecule has 12 nitrogen and oxygen atoms in total. The van der Waals surface area contributed by atoms with Crippen LogP contribution in [0.3, 0.4) is 0 Å². The molecule has 0 saturated carbocycles. The van der Waals surface area contributed by atoms with Gasteiger partial charge in [-0.3, -0.25) is 14.4 Å². The number of ether oxygens (including phenoxy) is 2. The number of amides is 3. The van der Waals surface area contributed by atoms with E-state index in [0.717, 1.165) is 0 Å². The summed E-state index contributed by atoms with van der Waals surface area (Å²) in [7, 11) is -2.63. The van der Waals surface area contributed by atoms with Crippen LogP contribution in [0.25, 0.3) is 0 Å². The molecular formula is C24H28FN5O7S. The third kappa shape index (κ3) is 4.74. The van der Waals surface area contributed by atoms with Crippen molar-refractivity contribution in [3.8, 4) is 5.75 Å². The van der Waals surface area contributed by atoms with Crippen LogP contribution in [0.4, 0.5) is 10.1 Å². The number of nitrogens with one attached hydrogen (secondary N) is 3. The van der Waals surface area contributed by atoms with E-state index >= 15 is 0 Å². The number of nitrogens with zero attached hydrogens (tertiary/aromatic N) is 2. The topological polar surface area (TPSA) is 148 Å². The third-order valence-corrected chi connectivity index (χ3v) is 8.43. The summed E-state index contributed by atoms with van der Waals surface area (Å²) in [6, 6.07) is 3.39. The van der Waals surface area contributed by atoms with Crippen LogP contribution in [-0.4, -0.2) is 80.1 Å². The van der Waals surface area contributed by atoms with E-state index in [4.69, 9.17) is 9.47 Å². The summed E-state index contributed by atoms with van der Waals surface area (Å²) >= 11 is 0. The molecule has 3 aliphatic heterocycles. The van der Waals surface area contributed by atoms with Crippen molar-refractivity contribution in [3.63, 3.8) is 0 Å². The van der Waals surface area contributed by atoms with Crippen molar-refractivity contribution in [2.45, 2.75) is 30.3 Å². The van der Waals surface area contributed by atoms with Crippen molar-refractivity contribution in [2.75, 3.05) is 38.2 Å². The van der Waals surface area contributed by atoms with E-state index in [9.17, 15) is 27.2 Å². The SMILES string of the molecule is Cc1cc(NC(=O)c2c3c(cn2C)S(=O)(=O)N[C@@H]2CN(C(=O)C(=O)NC4(C)COC4)C[C@@H]2CO3)ccc1F. The summed E-state index contributed by atoms with van der Waals surface area (Å²) in [6.45, 7) is 4.01. The standard InChI is InChI=1S/C24H28FN5O7S/c1-13-6-15(4-5-16(13)25)26-21(31)19-20-18(9-29(19)3)38(34,35)28-17-8-30(7-14(17)10-37-20)23(33)22(32)27-24(2)11-36-12-24/h4-6,9,14,17,28H,7-8,10-12H2,1-3H3,(H,26,31)(H,27,32)/t14-,17-/m1/s1. The fourth-order valence-electron chi connectivity index (χ4n) is 4.83. The monoisotopic (exact) mass is 549 g/mol. The molecule has 3 N–H and O–H groups in total. The number of rotatable bonds is 3. The fraction of sp³-hybridized carbons (Fsp3) is 0.458. The summed E-state index contributed by atoms with van der Waals surface area (Å²) in [5, 5.41) is 5.31. The van der Waals surface area contributed by atoms with Crippen molar-refractivity contribution in [1.82, 2.24) is 19.5 Å². The zero-order valence-electron chi connectivity index (χ0n) is 21.0. The van der Waals surface area contributed by atoms with Crippen LogP contribution in [0.5, 0.6) is 5.75 Å². The van der Waals surface area contributed by atoms with Crippen LogP contribution in [0.2, 0.25) is 0 Å². The Morgan fingerprint density at radius 3 is 2.61 bits per heavy atom. The smallest absolute Gasteiger partial charge is 0.311 e. The van der Waals surface area contributed by atoms with Gasteiger partial charge in [0, 0.05) is 44.0 Å². The van der Waals surface area contributed by atoms with Gasteiger partial charge < -0.3 is 29.6 Å². The molecule has 0 bridgehead atoms. The van der Waals surface area contributed by atoms with Gasteiger partial charge in [0.05, 0.1) is 25.4 Å². The maximum Gasteiger partial charge on any atom is 0.311 e. The number of fused-ring (bicyclic) bond motifs is 2. The Labute approximate surface area is 218 Å². The summed E-state index contributed by atoms with van der Waals surface area (Å²) in [5.41, 5.74) is 0.0295. The number of sulfonamides is 1. The molecular weight excluding hydrogens is 521 g/mol. The average molecular weight is 550 g/mol. The molecule has 2 aromatic rings. The van der Waals surface area contributed by atoms with Crippen LogP contribution >= 0.6 is 0 Å². The number of hydrogen-bond donors (Lipinski definition) is 3. The van der Waals surface area contributed by atoms with Gasteiger partial charge in [0.1, 0.15) is 10.7 Å². The second-order valence-corrected chi connectivity index (χ2v) is 11.9. The molecule has 1 aromatic carbocycles. The van der Waals surface area contributed by atoms with Crippen LogP contribution in [-0.2, 0) is 31.4 Å². The van der Waals surface area contributed by atoms with Crippen molar-refractivity contribution < 1.29 is 36.7 Å². The average Bonchev–Trinajstić information content (AvgIpc) is 3.37. The normalized spacial score (nSPS) is 23.1. The predicted molar refractivity (Wildman–Crippen MR) is 132 cm³/mol. The number of likely N-dealkylation sites (tertiary alicyclic amines) is 1. The van der Waals surface area contributed by atoms with E-state index in [2.05, 4.69) is 15.4 Å².